The molecule has 1 saturated heterocycles. The summed E-state index contributed by atoms with van der Waals surface area (Å²) in [5.41, 5.74) is 1.65. The highest BCUT2D eigenvalue weighted by Crippen LogP contribution is 2.09. The molecule has 0 spiro atoms. The maximum Gasteiger partial charge on any atom is 0.283 e. The van der Waals surface area contributed by atoms with E-state index in [0.717, 1.165) is 5.56 Å². The van der Waals surface area contributed by atoms with Crippen LogP contribution in [0.4, 0.5) is 0 Å². The van der Waals surface area contributed by atoms with Crippen molar-refractivity contribution >= 4 is 5.91 Å². The molecule has 6 heteroatoms. The molecule has 0 saturated carbocycles. The summed E-state index contributed by atoms with van der Waals surface area (Å²) in [6, 6.07) is 7.22. The van der Waals surface area contributed by atoms with Gasteiger partial charge in [0.2, 0.25) is 0 Å². The third-order valence-electron chi connectivity index (χ3n) is 3.00. The summed E-state index contributed by atoms with van der Waals surface area (Å²) in [6.45, 7) is 3.00. The van der Waals surface area contributed by atoms with E-state index in [1.165, 1.54) is 4.90 Å². The number of carbonyl (C=O) groups is 1. The van der Waals surface area contributed by atoms with Crippen molar-refractivity contribution in [1.29, 1.82) is 0 Å². The number of hydrogen-bond acceptors (Lipinski definition) is 4. The van der Waals surface area contributed by atoms with E-state index >= 15 is 0 Å². The van der Waals surface area contributed by atoms with Crippen molar-refractivity contribution in [3.05, 3.63) is 45.5 Å². The van der Waals surface area contributed by atoms with E-state index in [1.54, 1.807) is 12.1 Å². The second-order valence-electron chi connectivity index (χ2n) is 4.37. The molecular formula is C12H15N3O3. The van der Waals surface area contributed by atoms with Crippen molar-refractivity contribution in [3.8, 4) is 0 Å². The molecule has 1 aromatic rings. The molecule has 1 fully saturated rings. The fraction of sp³-hybridized carbons (Fsp3) is 0.417. The number of aryl methyl sites for hydroxylation is 1. The van der Waals surface area contributed by atoms with Crippen LogP contribution in [0.15, 0.2) is 24.3 Å². The van der Waals surface area contributed by atoms with E-state index in [2.05, 4.69) is 5.32 Å². The lowest BCUT2D eigenvalue weighted by Gasteiger charge is -2.29. The van der Waals surface area contributed by atoms with Crippen molar-refractivity contribution in [2.75, 3.05) is 19.6 Å². The second kappa shape index (κ2) is 5.14. The number of amides is 1. The maximum atomic E-state index is 12.2. The van der Waals surface area contributed by atoms with Crippen LogP contribution in [0.5, 0.6) is 0 Å². The lowest BCUT2D eigenvalue weighted by Crippen LogP contribution is -2.55. The van der Waals surface area contributed by atoms with Gasteiger partial charge < -0.3 is 4.90 Å². The van der Waals surface area contributed by atoms with Crippen molar-refractivity contribution in [2.45, 2.75) is 13.1 Å². The van der Waals surface area contributed by atoms with Crippen LogP contribution in [-0.2, 0) is 0 Å². The standard InChI is InChI=1S/C12H15N3O3/c1-9-2-4-10(5-3-9)12(16)14-7-6-13-11(8-14)15(17)18/h2-5,11,13H,6-8H2,1H3. The van der Waals surface area contributed by atoms with Gasteiger partial charge in [-0.25, -0.2) is 0 Å². The number of carbonyl (C=O) groups excluding carboxylic acids is 1. The van der Waals surface area contributed by atoms with E-state index < -0.39 is 11.1 Å². The molecular weight excluding hydrogens is 234 g/mol. The third-order valence-corrected chi connectivity index (χ3v) is 3.00. The largest absolute Gasteiger partial charge is 0.329 e. The molecule has 1 amide bonds. The fourth-order valence-corrected chi connectivity index (χ4v) is 1.94. The van der Waals surface area contributed by atoms with E-state index in [4.69, 9.17) is 0 Å². The van der Waals surface area contributed by atoms with Gasteiger partial charge in [0.25, 0.3) is 12.1 Å². The quantitative estimate of drug-likeness (QED) is 0.616. The number of nitro groups is 1. The summed E-state index contributed by atoms with van der Waals surface area (Å²) in [5.74, 6) is -0.150. The number of piperazine rings is 1. The molecule has 0 bridgehead atoms. The number of benzene rings is 1. The van der Waals surface area contributed by atoms with Crippen molar-refractivity contribution in [1.82, 2.24) is 10.2 Å². The van der Waals surface area contributed by atoms with E-state index in [0.29, 0.717) is 18.7 Å². The second-order valence-corrected chi connectivity index (χ2v) is 4.37. The fourth-order valence-electron chi connectivity index (χ4n) is 1.94. The Balaban J connectivity index is 2.09. The molecule has 0 aliphatic carbocycles. The zero-order valence-corrected chi connectivity index (χ0v) is 10.1. The van der Waals surface area contributed by atoms with Gasteiger partial charge >= 0.3 is 0 Å². The van der Waals surface area contributed by atoms with Crippen LogP contribution in [0, 0.1) is 17.0 Å². The molecule has 0 radical (unpaired) electrons. The monoisotopic (exact) mass is 249 g/mol. The molecule has 1 N–H and O–H groups in total. The average molecular weight is 249 g/mol. The first-order valence-electron chi connectivity index (χ1n) is 5.81. The summed E-state index contributed by atoms with van der Waals surface area (Å²) in [7, 11) is 0. The summed E-state index contributed by atoms with van der Waals surface area (Å²) >= 11 is 0. The number of nitrogens with one attached hydrogen (secondary N) is 1. The van der Waals surface area contributed by atoms with Gasteiger partial charge in [0.05, 0.1) is 0 Å². The van der Waals surface area contributed by atoms with Crippen LogP contribution in [0.2, 0.25) is 0 Å². The van der Waals surface area contributed by atoms with Gasteiger partial charge in [-0.2, -0.15) is 0 Å². The first-order chi connectivity index (χ1) is 8.58. The average Bonchev–Trinajstić information content (AvgIpc) is 2.39. The van der Waals surface area contributed by atoms with Gasteiger partial charge in [0.1, 0.15) is 6.54 Å². The Kier molecular flexibility index (Phi) is 3.57. The molecule has 1 aromatic carbocycles. The van der Waals surface area contributed by atoms with E-state index in [-0.39, 0.29) is 12.5 Å². The minimum absolute atomic E-state index is 0.111. The Hall–Kier alpha value is -1.95. The maximum absolute atomic E-state index is 12.2. The first-order valence-corrected chi connectivity index (χ1v) is 5.81. The Morgan fingerprint density at radius 2 is 2.11 bits per heavy atom. The molecule has 0 aromatic heterocycles. The molecule has 1 aliphatic heterocycles. The molecule has 18 heavy (non-hydrogen) atoms. The molecule has 1 unspecified atom stereocenters. The van der Waals surface area contributed by atoms with Gasteiger partial charge in [-0.05, 0) is 19.1 Å². The lowest BCUT2D eigenvalue weighted by molar-refractivity contribution is -0.531. The van der Waals surface area contributed by atoms with Crippen LogP contribution in [0.1, 0.15) is 15.9 Å². The van der Waals surface area contributed by atoms with Crippen LogP contribution < -0.4 is 5.32 Å². The summed E-state index contributed by atoms with van der Waals surface area (Å²) in [6.07, 6.45) is -0.867. The zero-order valence-electron chi connectivity index (χ0n) is 10.1. The Morgan fingerprint density at radius 1 is 1.44 bits per heavy atom. The first kappa shape index (κ1) is 12.5. The van der Waals surface area contributed by atoms with E-state index in [9.17, 15) is 14.9 Å². The van der Waals surface area contributed by atoms with Gasteiger partial charge in [-0.1, -0.05) is 17.7 Å². The molecule has 2 rings (SSSR count). The highest BCUT2D eigenvalue weighted by molar-refractivity contribution is 5.94. The van der Waals surface area contributed by atoms with Gasteiger partial charge in [-0.3, -0.25) is 20.2 Å². The Morgan fingerprint density at radius 3 is 2.72 bits per heavy atom. The molecule has 1 heterocycles. The SMILES string of the molecule is Cc1ccc(C(=O)N2CCNC([N+](=O)[O-])C2)cc1. The predicted octanol–water partition coefficient (Wildman–Crippen LogP) is 0.643. The number of nitrogens with zero attached hydrogens (tertiary/aromatic N) is 2. The normalized spacial score (nSPS) is 19.6. The van der Waals surface area contributed by atoms with E-state index in [1.807, 2.05) is 19.1 Å². The van der Waals surface area contributed by atoms with Gasteiger partial charge in [0, 0.05) is 23.6 Å². The highest BCUT2D eigenvalue weighted by Gasteiger charge is 2.30. The van der Waals surface area contributed by atoms with Crippen LogP contribution in [0.3, 0.4) is 0 Å². The van der Waals surface area contributed by atoms with Crippen LogP contribution >= 0.6 is 0 Å². The smallest absolute Gasteiger partial charge is 0.283 e. The Bertz CT molecular complexity index is 458. The van der Waals surface area contributed by atoms with Gasteiger partial charge in [-0.15, -0.1) is 0 Å². The lowest BCUT2D eigenvalue weighted by atomic mass is 10.1. The van der Waals surface area contributed by atoms with Crippen molar-refractivity contribution in [3.63, 3.8) is 0 Å². The van der Waals surface area contributed by atoms with Crippen LogP contribution in [-0.4, -0.2) is 41.5 Å². The highest BCUT2D eigenvalue weighted by atomic mass is 16.6. The minimum atomic E-state index is -0.867. The molecule has 6 nitrogen and oxygen atoms in total. The van der Waals surface area contributed by atoms with Crippen molar-refractivity contribution in [2.24, 2.45) is 0 Å². The van der Waals surface area contributed by atoms with Crippen molar-refractivity contribution < 1.29 is 9.72 Å². The summed E-state index contributed by atoms with van der Waals surface area (Å²) in [5, 5.41) is 13.5. The topological polar surface area (TPSA) is 75.5 Å². The predicted molar refractivity (Wildman–Crippen MR) is 65.9 cm³/mol. The third kappa shape index (κ3) is 2.65. The zero-order chi connectivity index (χ0) is 13.1. The van der Waals surface area contributed by atoms with Crippen LogP contribution in [0.25, 0.3) is 0 Å². The summed E-state index contributed by atoms with van der Waals surface area (Å²) < 4.78 is 0. The molecule has 1 aliphatic rings. The molecule has 1 atom stereocenters. The number of hydrogen-bond donors (Lipinski definition) is 1. The Labute approximate surface area is 105 Å². The molecule has 96 valence electrons. The van der Waals surface area contributed by atoms with Gasteiger partial charge in [0.15, 0.2) is 0 Å². The summed E-state index contributed by atoms with van der Waals surface area (Å²) in [4.78, 5) is 24.0. The minimum Gasteiger partial charge on any atom is -0.329 e. The number of rotatable bonds is 2.